The third kappa shape index (κ3) is 5.33. The fraction of sp³-hybridized carbons (Fsp3) is 0.286. The van der Waals surface area contributed by atoms with E-state index >= 15 is 0 Å². The van der Waals surface area contributed by atoms with Gasteiger partial charge >= 0.3 is 5.97 Å². The number of sulfonamides is 1. The van der Waals surface area contributed by atoms with Crippen LogP contribution in [0.5, 0.6) is 0 Å². The van der Waals surface area contributed by atoms with Gasteiger partial charge in [-0.25, -0.2) is 32.3 Å². The van der Waals surface area contributed by atoms with Crippen molar-refractivity contribution in [2.45, 2.75) is 31.3 Å². The number of benzene rings is 2. The average Bonchev–Trinajstić information content (AvgIpc) is 2.75. The number of hydrogen-bond acceptors (Lipinski definition) is 7. The average molecular weight is 447 g/mol. The maximum atomic E-state index is 13.4. The Bertz CT molecular complexity index is 1200. The topological polar surface area (TPSA) is 110 Å². The van der Waals surface area contributed by atoms with Crippen molar-refractivity contribution < 1.29 is 22.3 Å². The lowest BCUT2D eigenvalue weighted by atomic mass is 10.0. The van der Waals surface area contributed by atoms with E-state index in [9.17, 15) is 17.6 Å². The Kier molecular flexibility index (Phi) is 6.81. The van der Waals surface area contributed by atoms with Gasteiger partial charge in [-0.3, -0.25) is 0 Å². The first-order valence-corrected chi connectivity index (χ1v) is 11.0. The van der Waals surface area contributed by atoms with Crippen LogP contribution in [0.2, 0.25) is 0 Å². The molecule has 1 heterocycles. The third-order valence-corrected chi connectivity index (χ3v) is 5.99. The molecule has 0 bridgehead atoms. The van der Waals surface area contributed by atoms with Crippen molar-refractivity contribution in [2.75, 3.05) is 12.4 Å². The molecule has 10 heteroatoms. The number of esters is 1. The van der Waals surface area contributed by atoms with E-state index < -0.39 is 27.9 Å². The summed E-state index contributed by atoms with van der Waals surface area (Å²) >= 11 is 0. The molecular formula is C21H23FN4O4S. The van der Waals surface area contributed by atoms with Crippen LogP contribution in [-0.2, 0) is 26.1 Å². The van der Waals surface area contributed by atoms with Crippen LogP contribution < -0.4 is 10.0 Å². The minimum Gasteiger partial charge on any atom is -0.467 e. The first kappa shape index (κ1) is 22.6. The molecule has 0 fully saturated rings. The van der Waals surface area contributed by atoms with Gasteiger partial charge < -0.3 is 10.1 Å². The van der Waals surface area contributed by atoms with Crippen molar-refractivity contribution in [3.8, 4) is 0 Å². The number of nitrogens with one attached hydrogen (secondary N) is 2. The van der Waals surface area contributed by atoms with E-state index in [1.165, 1.54) is 19.2 Å². The fourth-order valence-electron chi connectivity index (χ4n) is 2.96. The van der Waals surface area contributed by atoms with Crippen LogP contribution in [0.3, 0.4) is 0 Å². The second kappa shape index (κ2) is 9.36. The highest BCUT2D eigenvalue weighted by Crippen LogP contribution is 2.23. The number of halogens is 1. The number of rotatable bonds is 8. The highest BCUT2D eigenvalue weighted by atomic mass is 32.2. The summed E-state index contributed by atoms with van der Waals surface area (Å²) < 4.78 is 45.6. The van der Waals surface area contributed by atoms with Gasteiger partial charge in [0.1, 0.15) is 23.5 Å². The fourth-order valence-corrected chi connectivity index (χ4v) is 3.97. The lowest BCUT2D eigenvalue weighted by molar-refractivity contribution is -0.142. The van der Waals surface area contributed by atoms with Gasteiger partial charge in [0, 0.05) is 5.39 Å². The zero-order chi connectivity index (χ0) is 22.6. The molecule has 0 aliphatic rings. The van der Waals surface area contributed by atoms with Gasteiger partial charge in [-0.1, -0.05) is 32.0 Å². The molecule has 2 aromatic carbocycles. The number of carbonyl (C=O) groups excluding carboxylic acids is 1. The molecular weight excluding hydrogens is 423 g/mol. The summed E-state index contributed by atoms with van der Waals surface area (Å²) in [6, 6.07) is 11.2. The molecule has 0 saturated heterocycles. The van der Waals surface area contributed by atoms with Crippen LogP contribution in [-0.4, -0.2) is 37.5 Å². The van der Waals surface area contributed by atoms with Crippen molar-refractivity contribution in [1.82, 2.24) is 14.7 Å². The van der Waals surface area contributed by atoms with Gasteiger partial charge in [-0.15, -0.1) is 0 Å². The van der Waals surface area contributed by atoms with E-state index in [1.807, 2.05) is 19.9 Å². The van der Waals surface area contributed by atoms with E-state index in [-0.39, 0.29) is 23.2 Å². The molecule has 0 spiro atoms. The Labute approximate surface area is 179 Å². The maximum absolute atomic E-state index is 13.4. The van der Waals surface area contributed by atoms with Gasteiger partial charge in [0.2, 0.25) is 10.0 Å². The highest BCUT2D eigenvalue weighted by Gasteiger charge is 2.24. The molecule has 3 rings (SSSR count). The van der Waals surface area contributed by atoms with Crippen LogP contribution in [0.25, 0.3) is 10.9 Å². The molecule has 0 amide bonds. The van der Waals surface area contributed by atoms with Crippen molar-refractivity contribution >= 4 is 32.7 Å². The van der Waals surface area contributed by atoms with E-state index in [0.717, 1.165) is 12.1 Å². The lowest BCUT2D eigenvalue weighted by Gasteiger charge is -2.21. The number of hydrogen-bond donors (Lipinski definition) is 2. The van der Waals surface area contributed by atoms with E-state index in [4.69, 9.17) is 4.74 Å². The van der Waals surface area contributed by atoms with Gasteiger partial charge in [0.05, 0.1) is 24.1 Å². The molecule has 164 valence electrons. The number of aromatic nitrogens is 2. The zero-order valence-corrected chi connectivity index (χ0v) is 18.1. The van der Waals surface area contributed by atoms with E-state index in [2.05, 4.69) is 20.0 Å². The summed E-state index contributed by atoms with van der Waals surface area (Å²) in [6.45, 7) is 3.51. The Morgan fingerprint density at radius 3 is 2.55 bits per heavy atom. The first-order valence-electron chi connectivity index (χ1n) is 9.56. The normalized spacial score (nSPS) is 12.7. The lowest BCUT2D eigenvalue weighted by Crippen LogP contribution is -2.36. The quantitative estimate of drug-likeness (QED) is 0.512. The van der Waals surface area contributed by atoms with Crippen molar-refractivity contribution in [3.05, 3.63) is 60.2 Å². The van der Waals surface area contributed by atoms with Gasteiger partial charge in [0.15, 0.2) is 0 Å². The summed E-state index contributed by atoms with van der Waals surface area (Å²) in [6.07, 6.45) is 0. The first-order chi connectivity index (χ1) is 14.7. The molecule has 0 aliphatic heterocycles. The van der Waals surface area contributed by atoms with Crippen molar-refractivity contribution in [3.63, 3.8) is 0 Å². The minimum atomic E-state index is -3.97. The standard InChI is InChI=1S/C21H23FN4O4S/c1-13(2)19(21(27)30-3)26-20-16-9-4-5-10-17(16)24-18(25-20)12-23-31(28,29)15-8-6-7-14(22)11-15/h4-11,13,19,23H,12H2,1-3H3,(H,24,25,26)/t19-/m0/s1. The monoisotopic (exact) mass is 446 g/mol. The Morgan fingerprint density at radius 1 is 1.13 bits per heavy atom. The van der Waals surface area contributed by atoms with Crippen LogP contribution in [0, 0.1) is 11.7 Å². The molecule has 0 saturated carbocycles. The van der Waals surface area contributed by atoms with Crippen LogP contribution >= 0.6 is 0 Å². The smallest absolute Gasteiger partial charge is 0.328 e. The Balaban J connectivity index is 1.92. The number of carbonyl (C=O) groups is 1. The number of ether oxygens (including phenoxy) is 1. The zero-order valence-electron chi connectivity index (χ0n) is 17.3. The predicted octanol–water partition coefficient (Wildman–Crippen LogP) is 2.86. The summed E-state index contributed by atoms with van der Waals surface area (Å²) in [5.41, 5.74) is 0.576. The number of methoxy groups -OCH3 is 1. The second-order valence-electron chi connectivity index (χ2n) is 7.18. The summed E-state index contributed by atoms with van der Waals surface area (Å²) in [7, 11) is -2.66. The molecule has 1 atom stereocenters. The Morgan fingerprint density at radius 2 is 1.87 bits per heavy atom. The molecule has 0 radical (unpaired) electrons. The van der Waals surface area contributed by atoms with Gasteiger partial charge in [0.25, 0.3) is 0 Å². The molecule has 1 aromatic heterocycles. The van der Waals surface area contributed by atoms with Crippen molar-refractivity contribution in [1.29, 1.82) is 0 Å². The third-order valence-electron chi connectivity index (χ3n) is 4.59. The summed E-state index contributed by atoms with van der Waals surface area (Å²) in [5.74, 6) is -0.607. The number of fused-ring (bicyclic) bond motifs is 1. The largest absolute Gasteiger partial charge is 0.467 e. The van der Waals surface area contributed by atoms with Crippen molar-refractivity contribution in [2.24, 2.45) is 5.92 Å². The van der Waals surface area contributed by atoms with Crippen LogP contribution in [0.1, 0.15) is 19.7 Å². The predicted molar refractivity (Wildman–Crippen MR) is 114 cm³/mol. The van der Waals surface area contributed by atoms with Gasteiger partial charge in [-0.2, -0.15) is 0 Å². The molecule has 2 N–H and O–H groups in total. The SMILES string of the molecule is COC(=O)[C@@H](Nc1nc(CNS(=O)(=O)c2cccc(F)c2)nc2ccccc12)C(C)C. The number of nitrogens with zero attached hydrogens (tertiary/aromatic N) is 2. The molecule has 0 unspecified atom stereocenters. The van der Waals surface area contributed by atoms with E-state index in [0.29, 0.717) is 16.7 Å². The van der Waals surface area contributed by atoms with E-state index in [1.54, 1.807) is 18.2 Å². The molecule has 8 nitrogen and oxygen atoms in total. The number of anilines is 1. The maximum Gasteiger partial charge on any atom is 0.328 e. The van der Waals surface area contributed by atoms with Crippen LogP contribution in [0.4, 0.5) is 10.2 Å². The Hall–Kier alpha value is -3.11. The molecule has 31 heavy (non-hydrogen) atoms. The molecule has 3 aromatic rings. The number of para-hydroxylation sites is 1. The summed E-state index contributed by atoms with van der Waals surface area (Å²) in [5, 5.41) is 3.77. The highest BCUT2D eigenvalue weighted by molar-refractivity contribution is 7.89. The minimum absolute atomic E-state index is 0.0869. The van der Waals surface area contributed by atoms with Crippen LogP contribution in [0.15, 0.2) is 53.4 Å². The summed E-state index contributed by atoms with van der Waals surface area (Å²) in [4.78, 5) is 20.8. The van der Waals surface area contributed by atoms with Gasteiger partial charge in [-0.05, 0) is 36.2 Å². The molecule has 0 aliphatic carbocycles. The second-order valence-corrected chi connectivity index (χ2v) is 8.94.